The van der Waals surface area contributed by atoms with Crippen LogP contribution in [-0.2, 0) is 9.53 Å². The molecule has 1 saturated heterocycles. The molecule has 0 radical (unpaired) electrons. The molecular formula is C13H22O3S. The lowest BCUT2D eigenvalue weighted by atomic mass is 9.63. The first-order valence-corrected chi connectivity index (χ1v) is 7.77. The first kappa shape index (κ1) is 13.2. The number of thioether (sulfide) groups is 1. The Kier molecular flexibility index (Phi) is 4.03. The Morgan fingerprint density at radius 1 is 1.29 bits per heavy atom. The maximum Gasteiger partial charge on any atom is 0.315 e. The van der Waals surface area contributed by atoms with Crippen LogP contribution in [0, 0.1) is 5.41 Å². The van der Waals surface area contributed by atoms with E-state index in [1.807, 2.05) is 6.92 Å². The minimum Gasteiger partial charge on any atom is -0.465 e. The Morgan fingerprint density at radius 3 is 2.53 bits per heavy atom. The molecule has 0 aromatic carbocycles. The summed E-state index contributed by atoms with van der Waals surface area (Å²) in [4.78, 5) is 12.3. The molecule has 1 heterocycles. The SMILES string of the molecule is CCOC(=O)C1(C2(O)CCSC2)CCCCC1. The molecule has 0 amide bonds. The molecule has 2 aliphatic rings. The molecule has 0 bridgehead atoms. The fourth-order valence-corrected chi connectivity index (χ4v) is 4.60. The van der Waals surface area contributed by atoms with E-state index in [1.165, 1.54) is 6.42 Å². The van der Waals surface area contributed by atoms with Crippen molar-refractivity contribution in [2.24, 2.45) is 5.41 Å². The lowest BCUT2D eigenvalue weighted by molar-refractivity contribution is -0.177. The summed E-state index contributed by atoms with van der Waals surface area (Å²) in [6.45, 7) is 2.24. The molecule has 1 N–H and O–H groups in total. The van der Waals surface area contributed by atoms with E-state index < -0.39 is 11.0 Å². The number of carbonyl (C=O) groups is 1. The van der Waals surface area contributed by atoms with Crippen molar-refractivity contribution >= 4 is 17.7 Å². The van der Waals surface area contributed by atoms with Gasteiger partial charge >= 0.3 is 5.97 Å². The van der Waals surface area contributed by atoms with Crippen LogP contribution in [0.4, 0.5) is 0 Å². The summed E-state index contributed by atoms with van der Waals surface area (Å²) in [6.07, 6.45) is 5.56. The molecule has 17 heavy (non-hydrogen) atoms. The summed E-state index contributed by atoms with van der Waals surface area (Å²) in [5.41, 5.74) is -1.45. The van der Waals surface area contributed by atoms with Gasteiger partial charge in [0.25, 0.3) is 0 Å². The number of rotatable bonds is 3. The molecular weight excluding hydrogens is 236 g/mol. The molecule has 0 aromatic rings. The number of ether oxygens (including phenoxy) is 1. The zero-order valence-electron chi connectivity index (χ0n) is 10.5. The Morgan fingerprint density at radius 2 is 2.00 bits per heavy atom. The summed E-state index contributed by atoms with van der Waals surface area (Å²) >= 11 is 1.75. The van der Waals surface area contributed by atoms with Gasteiger partial charge in [-0.2, -0.15) is 11.8 Å². The molecule has 4 heteroatoms. The summed E-state index contributed by atoms with van der Waals surface area (Å²) in [5, 5.41) is 10.8. The van der Waals surface area contributed by atoms with Crippen molar-refractivity contribution in [2.75, 3.05) is 18.1 Å². The van der Waals surface area contributed by atoms with E-state index in [0.29, 0.717) is 12.4 Å². The fourth-order valence-electron chi connectivity index (χ4n) is 3.22. The summed E-state index contributed by atoms with van der Waals surface area (Å²) in [7, 11) is 0. The zero-order valence-corrected chi connectivity index (χ0v) is 11.4. The number of aliphatic hydroxyl groups is 1. The third-order valence-corrected chi connectivity index (χ3v) is 5.44. The van der Waals surface area contributed by atoms with Crippen molar-refractivity contribution in [3.63, 3.8) is 0 Å². The molecule has 2 rings (SSSR count). The highest BCUT2D eigenvalue weighted by molar-refractivity contribution is 7.99. The van der Waals surface area contributed by atoms with E-state index in [4.69, 9.17) is 4.74 Å². The third-order valence-electron chi connectivity index (χ3n) is 4.26. The van der Waals surface area contributed by atoms with E-state index >= 15 is 0 Å². The highest BCUT2D eigenvalue weighted by atomic mass is 32.2. The van der Waals surface area contributed by atoms with E-state index in [9.17, 15) is 9.90 Å². The Labute approximate surface area is 107 Å². The molecule has 98 valence electrons. The van der Waals surface area contributed by atoms with Crippen molar-refractivity contribution in [1.29, 1.82) is 0 Å². The van der Waals surface area contributed by atoms with Crippen LogP contribution >= 0.6 is 11.8 Å². The van der Waals surface area contributed by atoms with Gasteiger partial charge in [0.15, 0.2) is 0 Å². The number of carbonyl (C=O) groups excluding carboxylic acids is 1. The van der Waals surface area contributed by atoms with Gasteiger partial charge in [-0.15, -0.1) is 0 Å². The van der Waals surface area contributed by atoms with Crippen LogP contribution < -0.4 is 0 Å². The van der Waals surface area contributed by atoms with Gasteiger partial charge < -0.3 is 9.84 Å². The van der Waals surface area contributed by atoms with Crippen molar-refractivity contribution in [3.05, 3.63) is 0 Å². The summed E-state index contributed by atoms with van der Waals surface area (Å²) in [6, 6.07) is 0. The molecule has 1 aliphatic carbocycles. The van der Waals surface area contributed by atoms with Crippen LogP contribution in [0.3, 0.4) is 0 Å². The molecule has 2 fully saturated rings. The molecule has 1 atom stereocenters. The zero-order chi connectivity index (χ0) is 12.4. The van der Waals surface area contributed by atoms with E-state index in [1.54, 1.807) is 11.8 Å². The largest absolute Gasteiger partial charge is 0.465 e. The van der Waals surface area contributed by atoms with Gasteiger partial charge in [0, 0.05) is 5.75 Å². The Balaban J connectivity index is 2.25. The Bertz CT molecular complexity index is 278. The van der Waals surface area contributed by atoms with Crippen LogP contribution in [0.15, 0.2) is 0 Å². The van der Waals surface area contributed by atoms with Gasteiger partial charge in [0.2, 0.25) is 0 Å². The average Bonchev–Trinajstić information content (AvgIpc) is 2.79. The third kappa shape index (κ3) is 2.22. The first-order chi connectivity index (χ1) is 8.15. The second-order valence-corrected chi connectivity index (χ2v) is 6.30. The molecule has 1 aliphatic heterocycles. The van der Waals surface area contributed by atoms with Crippen LogP contribution in [0.5, 0.6) is 0 Å². The minimum absolute atomic E-state index is 0.162. The quantitative estimate of drug-likeness (QED) is 0.789. The normalized spacial score (nSPS) is 32.4. The molecule has 1 unspecified atom stereocenters. The lowest BCUT2D eigenvalue weighted by Gasteiger charge is -2.45. The van der Waals surface area contributed by atoms with Crippen LogP contribution in [0.1, 0.15) is 45.4 Å². The highest BCUT2D eigenvalue weighted by Gasteiger charge is 2.57. The maximum atomic E-state index is 12.3. The van der Waals surface area contributed by atoms with Crippen LogP contribution in [-0.4, -0.2) is 34.8 Å². The van der Waals surface area contributed by atoms with E-state index in [2.05, 4.69) is 0 Å². The van der Waals surface area contributed by atoms with Crippen molar-refractivity contribution in [1.82, 2.24) is 0 Å². The molecule has 3 nitrogen and oxygen atoms in total. The number of hydrogen-bond acceptors (Lipinski definition) is 4. The van der Waals surface area contributed by atoms with Gasteiger partial charge in [-0.3, -0.25) is 4.79 Å². The average molecular weight is 258 g/mol. The molecule has 0 aromatic heterocycles. The van der Waals surface area contributed by atoms with Gasteiger partial charge in [-0.05, 0) is 31.9 Å². The lowest BCUT2D eigenvalue weighted by Crippen LogP contribution is -2.55. The smallest absolute Gasteiger partial charge is 0.315 e. The van der Waals surface area contributed by atoms with Gasteiger partial charge in [0.1, 0.15) is 0 Å². The van der Waals surface area contributed by atoms with Gasteiger partial charge in [0.05, 0.1) is 17.6 Å². The molecule has 0 spiro atoms. The van der Waals surface area contributed by atoms with Crippen LogP contribution in [0.2, 0.25) is 0 Å². The predicted molar refractivity (Wildman–Crippen MR) is 69.0 cm³/mol. The summed E-state index contributed by atoms with van der Waals surface area (Å²) in [5.74, 6) is 1.48. The standard InChI is InChI=1S/C13H22O3S/c1-2-16-11(14)12(6-4-3-5-7-12)13(15)8-9-17-10-13/h15H,2-10H2,1H3. The maximum absolute atomic E-state index is 12.3. The Hall–Kier alpha value is -0.220. The fraction of sp³-hybridized carbons (Fsp3) is 0.923. The second kappa shape index (κ2) is 5.19. The first-order valence-electron chi connectivity index (χ1n) is 6.62. The summed E-state index contributed by atoms with van der Waals surface area (Å²) < 4.78 is 5.25. The van der Waals surface area contributed by atoms with E-state index in [0.717, 1.165) is 37.9 Å². The highest BCUT2D eigenvalue weighted by Crippen LogP contribution is 2.51. The van der Waals surface area contributed by atoms with Crippen molar-refractivity contribution in [2.45, 2.75) is 51.0 Å². The molecule has 1 saturated carbocycles. The van der Waals surface area contributed by atoms with Crippen molar-refractivity contribution in [3.8, 4) is 0 Å². The van der Waals surface area contributed by atoms with Gasteiger partial charge in [-0.25, -0.2) is 0 Å². The monoisotopic (exact) mass is 258 g/mol. The second-order valence-electron chi connectivity index (χ2n) is 5.20. The van der Waals surface area contributed by atoms with E-state index in [-0.39, 0.29) is 5.97 Å². The van der Waals surface area contributed by atoms with Crippen molar-refractivity contribution < 1.29 is 14.6 Å². The van der Waals surface area contributed by atoms with Gasteiger partial charge in [-0.1, -0.05) is 19.3 Å². The minimum atomic E-state index is -0.829. The number of esters is 1. The number of hydrogen-bond donors (Lipinski definition) is 1. The van der Waals surface area contributed by atoms with Crippen LogP contribution in [0.25, 0.3) is 0 Å². The predicted octanol–water partition coefficient (Wildman–Crippen LogP) is 2.37. The topological polar surface area (TPSA) is 46.5 Å².